The Morgan fingerprint density at radius 3 is 3.00 bits per heavy atom. The number of hydrogen-bond acceptors (Lipinski definition) is 3. The Kier molecular flexibility index (Phi) is 3.81. The molecule has 0 spiro atoms. The van der Waals surface area contributed by atoms with Crippen molar-refractivity contribution in [3.8, 4) is 5.75 Å². The summed E-state index contributed by atoms with van der Waals surface area (Å²) in [5, 5.41) is 2.97. The molecule has 2 rings (SSSR count). The Hall–Kier alpha value is -1.62. The maximum absolute atomic E-state index is 11.9. The van der Waals surface area contributed by atoms with E-state index in [0.717, 1.165) is 17.7 Å². The number of thiocarbonyl (C=S) groups is 1. The smallest absolute Gasteiger partial charge is 0.230 e. The average Bonchev–Trinajstić information content (AvgIpc) is 2.38. The minimum atomic E-state index is -0.449. The molecule has 5 heteroatoms. The van der Waals surface area contributed by atoms with Gasteiger partial charge in [-0.3, -0.25) is 4.79 Å². The van der Waals surface area contributed by atoms with Crippen LogP contribution in [0.3, 0.4) is 0 Å². The molecule has 0 aromatic heterocycles. The van der Waals surface area contributed by atoms with Crippen molar-refractivity contribution >= 4 is 23.1 Å². The molecular weight excluding hydrogens is 248 g/mol. The van der Waals surface area contributed by atoms with E-state index in [1.165, 1.54) is 0 Å². The molecule has 3 N–H and O–H groups in total. The van der Waals surface area contributed by atoms with Gasteiger partial charge >= 0.3 is 0 Å². The molecule has 1 aromatic carbocycles. The van der Waals surface area contributed by atoms with Gasteiger partial charge in [0.25, 0.3) is 0 Å². The highest BCUT2D eigenvalue weighted by molar-refractivity contribution is 7.80. The SMILES string of the molecule is CC(C(=O)NC1CCOc2ccccc21)C(N)=S. The molecule has 0 saturated carbocycles. The maximum atomic E-state index is 11.9. The van der Waals surface area contributed by atoms with E-state index in [1.54, 1.807) is 6.92 Å². The lowest BCUT2D eigenvalue weighted by Gasteiger charge is -2.27. The molecule has 1 heterocycles. The average molecular weight is 264 g/mol. The van der Waals surface area contributed by atoms with Crippen molar-refractivity contribution in [2.45, 2.75) is 19.4 Å². The Labute approximate surface area is 112 Å². The van der Waals surface area contributed by atoms with Gasteiger partial charge in [-0.15, -0.1) is 0 Å². The topological polar surface area (TPSA) is 64.3 Å². The van der Waals surface area contributed by atoms with Crippen molar-refractivity contribution in [2.75, 3.05) is 6.61 Å². The van der Waals surface area contributed by atoms with Gasteiger partial charge in [-0.2, -0.15) is 0 Å². The van der Waals surface area contributed by atoms with Crippen molar-refractivity contribution in [3.63, 3.8) is 0 Å². The number of amides is 1. The summed E-state index contributed by atoms with van der Waals surface area (Å²) in [4.78, 5) is 12.2. The van der Waals surface area contributed by atoms with E-state index in [9.17, 15) is 4.79 Å². The molecule has 1 aliphatic rings. The Balaban J connectivity index is 2.12. The second-order valence-corrected chi connectivity index (χ2v) is 4.83. The first-order valence-corrected chi connectivity index (χ1v) is 6.32. The summed E-state index contributed by atoms with van der Waals surface area (Å²) >= 11 is 4.83. The molecular formula is C13H16N2O2S. The number of ether oxygens (including phenoxy) is 1. The minimum absolute atomic E-state index is 0.0285. The Morgan fingerprint density at radius 2 is 2.28 bits per heavy atom. The van der Waals surface area contributed by atoms with Gasteiger partial charge in [0.1, 0.15) is 5.75 Å². The molecule has 1 aromatic rings. The van der Waals surface area contributed by atoms with Crippen molar-refractivity contribution in [1.29, 1.82) is 0 Å². The van der Waals surface area contributed by atoms with Crippen LogP contribution in [-0.2, 0) is 4.79 Å². The lowest BCUT2D eigenvalue weighted by atomic mass is 9.99. The summed E-state index contributed by atoms with van der Waals surface area (Å²) in [6.45, 7) is 2.31. The molecule has 0 aliphatic carbocycles. The van der Waals surface area contributed by atoms with Crippen LogP contribution in [0.2, 0.25) is 0 Å². The third kappa shape index (κ3) is 2.61. The molecule has 0 radical (unpaired) electrons. The van der Waals surface area contributed by atoms with Gasteiger partial charge in [0.05, 0.1) is 23.6 Å². The van der Waals surface area contributed by atoms with Crippen LogP contribution >= 0.6 is 12.2 Å². The number of para-hydroxylation sites is 1. The summed E-state index contributed by atoms with van der Waals surface area (Å²) in [5.41, 5.74) is 6.49. The summed E-state index contributed by atoms with van der Waals surface area (Å²) in [5.74, 6) is 0.247. The number of carbonyl (C=O) groups is 1. The molecule has 0 saturated heterocycles. The van der Waals surface area contributed by atoms with E-state index in [1.807, 2.05) is 24.3 Å². The molecule has 0 bridgehead atoms. The van der Waals surface area contributed by atoms with Crippen LogP contribution in [-0.4, -0.2) is 17.5 Å². The largest absolute Gasteiger partial charge is 0.493 e. The fourth-order valence-electron chi connectivity index (χ4n) is 1.92. The highest BCUT2D eigenvalue weighted by Crippen LogP contribution is 2.31. The molecule has 1 aliphatic heterocycles. The Bertz CT molecular complexity index is 476. The minimum Gasteiger partial charge on any atom is -0.493 e. The summed E-state index contributed by atoms with van der Waals surface area (Å²) in [6.07, 6.45) is 0.757. The fraction of sp³-hybridized carbons (Fsp3) is 0.385. The summed E-state index contributed by atoms with van der Waals surface area (Å²) in [7, 11) is 0. The number of hydrogen-bond donors (Lipinski definition) is 2. The second kappa shape index (κ2) is 5.35. The van der Waals surface area contributed by atoms with E-state index >= 15 is 0 Å². The monoisotopic (exact) mass is 264 g/mol. The lowest BCUT2D eigenvalue weighted by Crippen LogP contribution is -2.39. The quantitative estimate of drug-likeness (QED) is 0.813. The van der Waals surface area contributed by atoms with E-state index < -0.39 is 5.92 Å². The van der Waals surface area contributed by atoms with Gasteiger partial charge in [-0.05, 0) is 13.0 Å². The van der Waals surface area contributed by atoms with Gasteiger partial charge < -0.3 is 15.8 Å². The highest BCUT2D eigenvalue weighted by Gasteiger charge is 2.25. The lowest BCUT2D eigenvalue weighted by molar-refractivity contribution is -0.123. The summed E-state index contributed by atoms with van der Waals surface area (Å²) < 4.78 is 5.54. The van der Waals surface area contributed by atoms with Crippen LogP contribution in [0.4, 0.5) is 0 Å². The maximum Gasteiger partial charge on any atom is 0.230 e. The van der Waals surface area contributed by atoms with Crippen molar-refractivity contribution in [3.05, 3.63) is 29.8 Å². The fourth-order valence-corrected chi connectivity index (χ4v) is 2.02. The van der Waals surface area contributed by atoms with E-state index in [4.69, 9.17) is 22.7 Å². The number of rotatable bonds is 3. The molecule has 1 amide bonds. The zero-order chi connectivity index (χ0) is 13.1. The van der Waals surface area contributed by atoms with Gasteiger partial charge in [-0.25, -0.2) is 0 Å². The van der Waals surface area contributed by atoms with Gasteiger partial charge in [0.15, 0.2) is 0 Å². The normalized spacial score (nSPS) is 19.3. The number of fused-ring (bicyclic) bond motifs is 1. The van der Waals surface area contributed by atoms with E-state index in [0.29, 0.717) is 6.61 Å². The van der Waals surface area contributed by atoms with Crippen molar-refractivity contribution < 1.29 is 9.53 Å². The third-order valence-corrected chi connectivity index (χ3v) is 3.45. The molecule has 4 nitrogen and oxygen atoms in total. The van der Waals surface area contributed by atoms with Crippen LogP contribution in [0.15, 0.2) is 24.3 Å². The van der Waals surface area contributed by atoms with E-state index in [-0.39, 0.29) is 16.9 Å². The molecule has 96 valence electrons. The first-order chi connectivity index (χ1) is 8.59. The van der Waals surface area contributed by atoms with Crippen LogP contribution in [0, 0.1) is 5.92 Å². The standard InChI is InChI=1S/C13H16N2O2S/c1-8(12(14)18)13(16)15-10-6-7-17-11-5-3-2-4-9(10)11/h2-5,8,10H,6-7H2,1H3,(H2,14,18)(H,15,16). The molecule has 18 heavy (non-hydrogen) atoms. The zero-order valence-corrected chi connectivity index (χ0v) is 11.0. The van der Waals surface area contributed by atoms with Gasteiger partial charge in [-0.1, -0.05) is 30.4 Å². The first-order valence-electron chi connectivity index (χ1n) is 5.91. The zero-order valence-electron chi connectivity index (χ0n) is 10.2. The van der Waals surface area contributed by atoms with Crippen molar-refractivity contribution in [2.24, 2.45) is 11.7 Å². The van der Waals surface area contributed by atoms with Crippen LogP contribution in [0.1, 0.15) is 24.9 Å². The molecule has 2 unspecified atom stereocenters. The molecule has 2 atom stereocenters. The Morgan fingerprint density at radius 1 is 1.56 bits per heavy atom. The number of nitrogens with one attached hydrogen (secondary N) is 1. The van der Waals surface area contributed by atoms with Gasteiger partial charge in [0.2, 0.25) is 5.91 Å². The molecule has 0 fully saturated rings. The van der Waals surface area contributed by atoms with Crippen LogP contribution in [0.5, 0.6) is 5.75 Å². The second-order valence-electron chi connectivity index (χ2n) is 4.36. The van der Waals surface area contributed by atoms with Crippen LogP contribution < -0.4 is 15.8 Å². The first kappa shape index (κ1) is 12.8. The number of benzene rings is 1. The third-order valence-electron chi connectivity index (χ3n) is 3.10. The van der Waals surface area contributed by atoms with E-state index in [2.05, 4.69) is 5.32 Å². The predicted molar refractivity (Wildman–Crippen MR) is 73.4 cm³/mol. The summed E-state index contributed by atoms with van der Waals surface area (Å²) in [6, 6.07) is 7.69. The predicted octanol–water partition coefficient (Wildman–Crippen LogP) is 1.55. The van der Waals surface area contributed by atoms with Crippen LogP contribution in [0.25, 0.3) is 0 Å². The number of nitrogens with two attached hydrogens (primary N) is 1. The van der Waals surface area contributed by atoms with Crippen molar-refractivity contribution in [1.82, 2.24) is 5.32 Å². The highest BCUT2D eigenvalue weighted by atomic mass is 32.1. The number of carbonyl (C=O) groups excluding carboxylic acids is 1. The van der Waals surface area contributed by atoms with Gasteiger partial charge in [0, 0.05) is 12.0 Å².